The van der Waals surface area contributed by atoms with Crippen LogP contribution < -0.4 is 10.6 Å². The van der Waals surface area contributed by atoms with Crippen molar-refractivity contribution >= 4 is 61.8 Å². The summed E-state index contributed by atoms with van der Waals surface area (Å²) < 4.78 is 55.3. The first-order valence-electron chi connectivity index (χ1n) is 24.2. The molecule has 2 saturated carbocycles. The fraction of sp³-hybridized carbons (Fsp3) is 0.558. The van der Waals surface area contributed by atoms with Gasteiger partial charge in [0.1, 0.15) is 22.7 Å². The quantitative estimate of drug-likeness (QED) is 0.173. The molecule has 16 heteroatoms. The van der Waals surface area contributed by atoms with Gasteiger partial charge in [-0.1, -0.05) is 98.2 Å². The van der Waals surface area contributed by atoms with Crippen molar-refractivity contribution in [3.8, 4) is 0 Å². The summed E-state index contributed by atoms with van der Waals surface area (Å²) in [4.78, 5) is 35.3. The zero-order chi connectivity index (χ0) is 46.7. The van der Waals surface area contributed by atoms with E-state index in [-0.39, 0.29) is 45.4 Å². The minimum Gasteiger partial charge on any atom is -0.400 e. The van der Waals surface area contributed by atoms with E-state index >= 15 is 0 Å². The topological polar surface area (TPSA) is 178 Å². The van der Waals surface area contributed by atoms with Crippen molar-refractivity contribution in [2.45, 2.75) is 134 Å². The summed E-state index contributed by atoms with van der Waals surface area (Å²) in [6, 6.07) is 12.2. The first-order chi connectivity index (χ1) is 31.7. The number of aryl methyl sites for hydroxylation is 1. The second-order valence-corrected chi connectivity index (χ2v) is 23.5. The van der Waals surface area contributed by atoms with Crippen LogP contribution >= 0.6 is 0 Å². The van der Waals surface area contributed by atoms with E-state index in [1.165, 1.54) is 76.1 Å². The number of benzene rings is 2. The van der Waals surface area contributed by atoms with Crippen molar-refractivity contribution in [2.75, 3.05) is 39.0 Å². The summed E-state index contributed by atoms with van der Waals surface area (Å²) in [5.74, 6) is 2.43. The van der Waals surface area contributed by atoms with Crippen molar-refractivity contribution in [3.63, 3.8) is 0 Å². The maximum atomic E-state index is 13.1. The Morgan fingerprint density at radius 3 is 1.65 bits per heavy atom. The van der Waals surface area contributed by atoms with E-state index in [2.05, 4.69) is 48.8 Å². The molecule has 2 aromatic carbocycles. The second-order valence-electron chi connectivity index (χ2n) is 19.6. The Hall–Kier alpha value is -3.62. The average Bonchev–Trinajstić information content (AvgIpc) is 4.09. The monoisotopic (exact) mass is 1060 g/mol. The maximum absolute atomic E-state index is 13.1. The van der Waals surface area contributed by atoms with Crippen molar-refractivity contribution in [3.05, 3.63) is 93.8 Å². The first kappa shape index (κ1) is 53.7. The summed E-state index contributed by atoms with van der Waals surface area (Å²) in [6.45, 7) is 5.56. The molecule has 0 bridgehead atoms. The van der Waals surface area contributed by atoms with Gasteiger partial charge in [0.05, 0.1) is 5.75 Å². The van der Waals surface area contributed by atoms with Crippen LogP contribution in [0.25, 0.3) is 18.2 Å². The van der Waals surface area contributed by atoms with Gasteiger partial charge in [-0.2, -0.15) is 4.31 Å². The van der Waals surface area contributed by atoms with E-state index in [0.29, 0.717) is 70.1 Å². The Morgan fingerprint density at radius 2 is 1.13 bits per heavy atom. The summed E-state index contributed by atoms with van der Waals surface area (Å²) in [7, 11) is -5.94. The van der Waals surface area contributed by atoms with Crippen LogP contribution in [0.1, 0.15) is 137 Å². The van der Waals surface area contributed by atoms with Gasteiger partial charge in [0, 0.05) is 71.0 Å². The van der Waals surface area contributed by atoms with E-state index in [1.54, 1.807) is 10.4 Å². The smallest absolute Gasteiger partial charge is 0.253 e. The van der Waals surface area contributed by atoms with Gasteiger partial charge in [0.15, 0.2) is 0 Å². The fourth-order valence-electron chi connectivity index (χ4n) is 11.3. The van der Waals surface area contributed by atoms with Crippen molar-refractivity contribution in [1.29, 1.82) is 0 Å². The van der Waals surface area contributed by atoms with Crippen LogP contribution in [-0.2, 0) is 69.3 Å². The van der Waals surface area contributed by atoms with Crippen LogP contribution in [0, 0.1) is 19.3 Å². The Kier molecular flexibility index (Phi) is 17.9. The largest absolute Gasteiger partial charge is 0.400 e. The summed E-state index contributed by atoms with van der Waals surface area (Å²) in [6.07, 6.45) is 21.8. The van der Waals surface area contributed by atoms with Gasteiger partial charge in [-0.25, -0.2) is 21.1 Å². The molecule has 0 unspecified atom stereocenters. The number of hydrogen-bond acceptors (Lipinski definition) is 9. The number of allylic oxidation sites excluding steroid dienone is 2. The van der Waals surface area contributed by atoms with E-state index < -0.39 is 31.1 Å². The Bertz CT molecular complexity index is 2560. The number of carbonyl (C=O) groups is 2. The third-order valence-electron chi connectivity index (χ3n) is 15.1. The molecule has 13 nitrogen and oxygen atoms in total. The van der Waals surface area contributed by atoms with Crippen molar-refractivity contribution in [1.82, 2.24) is 19.2 Å². The van der Waals surface area contributed by atoms with Gasteiger partial charge in [-0.15, -0.1) is 0 Å². The van der Waals surface area contributed by atoms with Gasteiger partial charge in [0.2, 0.25) is 20.0 Å². The molecule has 2 spiro atoms. The summed E-state index contributed by atoms with van der Waals surface area (Å²) in [5, 5.41) is 14.4. The minimum absolute atomic E-state index is 0. The van der Waals surface area contributed by atoms with E-state index in [4.69, 9.17) is 15.1 Å². The van der Waals surface area contributed by atoms with Gasteiger partial charge in [-0.3, -0.25) is 19.6 Å². The Balaban J connectivity index is 0.000000210. The third kappa shape index (κ3) is 11.6. The van der Waals surface area contributed by atoms with Crippen molar-refractivity contribution < 1.29 is 52.0 Å². The van der Waals surface area contributed by atoms with E-state index in [0.717, 1.165) is 74.0 Å². The molecule has 4 aliphatic carbocycles. The average molecular weight is 1060 g/mol. The molecule has 0 aromatic heterocycles. The second kappa shape index (κ2) is 22.6. The molecule has 4 aliphatic heterocycles. The molecular weight excluding hydrogens is 991 g/mol. The molecule has 10 rings (SSSR count). The van der Waals surface area contributed by atoms with Crippen LogP contribution in [0.3, 0.4) is 0 Å². The molecule has 2 amide bonds. The number of sulfonamides is 2. The normalized spacial score (nSPS) is 22.5. The minimum atomic E-state index is -3.56. The molecule has 68 heavy (non-hydrogen) atoms. The number of nitrogens with one attached hydrogen (secondary N) is 2. The molecule has 4 fully saturated rings. The zero-order valence-electron chi connectivity index (χ0n) is 40.3. The Labute approximate surface area is 419 Å². The van der Waals surface area contributed by atoms with Crippen LogP contribution in [0.5, 0.6) is 0 Å². The maximum Gasteiger partial charge on any atom is 0.253 e. The van der Waals surface area contributed by atoms with Crippen LogP contribution in [-0.4, -0.2) is 104 Å². The van der Waals surface area contributed by atoms with Crippen molar-refractivity contribution in [2.24, 2.45) is 21.8 Å². The number of carbonyl (C=O) groups excluding carboxylic acids is 2. The molecular formula is C52H71N6O7PdS2-. The molecule has 3 N–H and O–H groups in total. The van der Waals surface area contributed by atoms with Crippen LogP contribution in [0.4, 0.5) is 0 Å². The molecule has 4 heterocycles. The number of amides is 2. The van der Waals surface area contributed by atoms with Gasteiger partial charge in [-0.05, 0) is 124 Å². The summed E-state index contributed by atoms with van der Waals surface area (Å²) >= 11 is 0. The number of aliphatic imine (C=N–C) groups is 2. The number of hydrogen-bond donors (Lipinski definition) is 3. The molecule has 374 valence electrons. The number of aliphatic hydroxyl groups excluding tert-OH is 1. The Morgan fingerprint density at radius 1 is 0.676 bits per heavy atom. The number of rotatable bonds is 9. The molecule has 0 radical (unpaired) electrons. The van der Waals surface area contributed by atoms with Gasteiger partial charge in [0.25, 0.3) is 11.8 Å². The molecule has 2 aromatic rings. The van der Waals surface area contributed by atoms with Gasteiger partial charge < -0.3 is 23.2 Å². The molecule has 2 saturated heterocycles. The number of piperidine rings is 2. The van der Waals surface area contributed by atoms with E-state index in [1.807, 2.05) is 24.3 Å². The first-order valence-corrected chi connectivity index (χ1v) is 27.3. The summed E-state index contributed by atoms with van der Waals surface area (Å²) in [5.41, 5.74) is 7.92. The van der Waals surface area contributed by atoms with Crippen LogP contribution in [0.15, 0.2) is 62.9 Å². The predicted octanol–water partition coefficient (Wildman–Crippen LogP) is 7.41. The fourth-order valence-corrected chi connectivity index (χ4v) is 13.9. The predicted molar refractivity (Wildman–Crippen MR) is 269 cm³/mol. The number of nitrogens with zero attached hydrogens (tertiary/aromatic N) is 4. The third-order valence-corrected chi connectivity index (χ3v) is 18.6. The SMILES string of the molecule is CC1=Cc2c(/C=C/S(=O)(=O)N3CCC4(CC3)N=C(C3CCCCC3)NC4=O)cccc2C1.CC1=Cc2c(CCS(=O)(=O)N3CCC4(CC3)N=C(C3CCCCC3)NC4=O)cccc2C1.CO.[CH3-].[Pd]. The zero-order valence-corrected chi connectivity index (χ0v) is 43.5. The molecule has 0 atom stereocenters. The van der Waals surface area contributed by atoms with E-state index in [9.17, 15) is 26.4 Å². The molecule has 8 aliphatic rings. The number of fused-ring (bicyclic) bond motifs is 2. The standard InChI is InChI=1S/C25H33N3O3S.C25H31N3O3S.CH4O.CH3.Pd/c2*1-18-16-21-9-5-8-19(22(21)17-18)10-15-32(30,31)28-13-11-25(12-14-28)24(29)26-23(27-25)20-6-3-2-4-7-20;1-2;;/h5,8-9,17,20H,2-4,6-7,10-16H2,1H3,(H,26,27,29);5,8-10,15,17,20H,2-4,6-7,11-14,16H2,1H3,(H,26,27,29);2H,1H3;1H3;/q;;;-1;/b;15-10+;;;. The number of aliphatic hydroxyl groups is 1. The number of amidine groups is 2. The van der Waals surface area contributed by atoms with Gasteiger partial charge >= 0.3 is 0 Å². The van der Waals surface area contributed by atoms with Crippen LogP contribution in [0.2, 0.25) is 0 Å².